The number of sulfonamides is 1. The van der Waals surface area contributed by atoms with Crippen LogP contribution in [-0.4, -0.2) is 20.1 Å². The summed E-state index contributed by atoms with van der Waals surface area (Å²) in [5, 5.41) is 8.67. The Hall–Kier alpha value is -1.65. The van der Waals surface area contributed by atoms with Gasteiger partial charge in [-0.15, -0.1) is 11.3 Å². The van der Waals surface area contributed by atoms with Crippen LogP contribution in [0.25, 0.3) is 0 Å². The molecule has 2 aromatic rings. The predicted octanol–water partition coefficient (Wildman–Crippen LogP) is 1.88. The highest BCUT2D eigenvalue weighted by atomic mass is 32.2. The Bertz CT molecular complexity index is 782. The third kappa shape index (κ3) is 4.41. The summed E-state index contributed by atoms with van der Waals surface area (Å²) in [6, 6.07) is 10.6. The average Bonchev–Trinajstić information content (AvgIpc) is 2.91. The summed E-state index contributed by atoms with van der Waals surface area (Å²) in [4.78, 5) is 0.955. The van der Waals surface area contributed by atoms with Gasteiger partial charge in [0, 0.05) is 17.0 Å². The SMILES string of the molecule is Cc1ccc(S(=O)(=O)NCc2cccc(C#CCO)c2)s1. The van der Waals surface area contributed by atoms with Crippen molar-refractivity contribution in [1.29, 1.82) is 0 Å². The largest absolute Gasteiger partial charge is 0.384 e. The Kier molecular flexibility index (Phi) is 5.15. The molecule has 0 aliphatic carbocycles. The van der Waals surface area contributed by atoms with Gasteiger partial charge >= 0.3 is 0 Å². The highest BCUT2D eigenvalue weighted by Gasteiger charge is 2.15. The second-order valence-electron chi connectivity index (χ2n) is 4.35. The van der Waals surface area contributed by atoms with E-state index >= 15 is 0 Å². The first-order valence-electron chi connectivity index (χ1n) is 6.26. The van der Waals surface area contributed by atoms with E-state index in [-0.39, 0.29) is 13.2 Å². The van der Waals surface area contributed by atoms with Crippen LogP contribution >= 0.6 is 11.3 Å². The van der Waals surface area contributed by atoms with Crippen molar-refractivity contribution in [2.45, 2.75) is 17.7 Å². The lowest BCUT2D eigenvalue weighted by atomic mass is 10.1. The van der Waals surface area contributed by atoms with Gasteiger partial charge in [0.05, 0.1) is 0 Å². The number of rotatable bonds is 4. The molecular formula is C15H15NO3S2. The lowest BCUT2D eigenvalue weighted by Gasteiger charge is -2.05. The van der Waals surface area contributed by atoms with E-state index < -0.39 is 10.0 Å². The number of aliphatic hydroxyl groups excluding tert-OH is 1. The van der Waals surface area contributed by atoms with Crippen LogP contribution in [0.5, 0.6) is 0 Å². The second-order valence-corrected chi connectivity index (χ2v) is 7.63. The van der Waals surface area contributed by atoms with Gasteiger partial charge < -0.3 is 5.11 Å². The Balaban J connectivity index is 2.09. The van der Waals surface area contributed by atoms with Crippen molar-refractivity contribution in [2.24, 2.45) is 0 Å². The van der Waals surface area contributed by atoms with E-state index in [1.54, 1.807) is 24.3 Å². The predicted molar refractivity (Wildman–Crippen MR) is 83.5 cm³/mol. The summed E-state index contributed by atoms with van der Waals surface area (Å²) >= 11 is 1.24. The molecule has 0 atom stereocenters. The zero-order valence-corrected chi connectivity index (χ0v) is 13.1. The van der Waals surface area contributed by atoms with Crippen molar-refractivity contribution in [3.8, 4) is 11.8 Å². The van der Waals surface area contributed by atoms with Crippen molar-refractivity contribution in [3.63, 3.8) is 0 Å². The number of thiophene rings is 1. The van der Waals surface area contributed by atoms with E-state index in [4.69, 9.17) is 5.11 Å². The molecule has 0 amide bonds. The van der Waals surface area contributed by atoms with E-state index in [9.17, 15) is 8.42 Å². The third-order valence-corrected chi connectivity index (χ3v) is 5.58. The van der Waals surface area contributed by atoms with Crippen molar-refractivity contribution in [2.75, 3.05) is 6.61 Å². The van der Waals surface area contributed by atoms with Crippen LogP contribution in [0.15, 0.2) is 40.6 Å². The molecule has 6 heteroatoms. The number of hydrogen-bond acceptors (Lipinski definition) is 4. The minimum atomic E-state index is -3.47. The maximum atomic E-state index is 12.1. The number of nitrogens with one attached hydrogen (secondary N) is 1. The zero-order chi connectivity index (χ0) is 15.3. The molecule has 1 aromatic heterocycles. The van der Waals surface area contributed by atoms with E-state index in [1.165, 1.54) is 11.3 Å². The molecule has 0 aliphatic heterocycles. The van der Waals surface area contributed by atoms with Gasteiger partial charge in [0.1, 0.15) is 10.8 Å². The van der Waals surface area contributed by atoms with Crippen molar-refractivity contribution in [1.82, 2.24) is 4.72 Å². The molecule has 4 nitrogen and oxygen atoms in total. The zero-order valence-electron chi connectivity index (χ0n) is 11.5. The van der Waals surface area contributed by atoms with Crippen molar-refractivity contribution >= 4 is 21.4 Å². The van der Waals surface area contributed by atoms with E-state index in [0.717, 1.165) is 16.0 Å². The van der Waals surface area contributed by atoms with Gasteiger partial charge in [0.15, 0.2) is 0 Å². The Morgan fingerprint density at radius 3 is 2.76 bits per heavy atom. The molecule has 0 bridgehead atoms. The summed E-state index contributed by atoms with van der Waals surface area (Å²) in [6.07, 6.45) is 0. The fourth-order valence-corrected chi connectivity index (χ4v) is 4.05. The summed E-state index contributed by atoms with van der Waals surface area (Å²) in [5.41, 5.74) is 1.56. The van der Waals surface area contributed by atoms with E-state index in [0.29, 0.717) is 4.21 Å². The molecule has 1 aromatic carbocycles. The third-order valence-electron chi connectivity index (χ3n) is 2.69. The van der Waals surface area contributed by atoms with Crippen LogP contribution in [-0.2, 0) is 16.6 Å². The molecule has 0 fully saturated rings. The van der Waals surface area contributed by atoms with Crippen LogP contribution in [0.1, 0.15) is 16.0 Å². The molecule has 0 spiro atoms. The lowest BCUT2D eigenvalue weighted by Crippen LogP contribution is -2.22. The van der Waals surface area contributed by atoms with E-state index in [2.05, 4.69) is 16.6 Å². The van der Waals surface area contributed by atoms with Gasteiger partial charge in [0.25, 0.3) is 0 Å². The van der Waals surface area contributed by atoms with Crippen LogP contribution in [0.3, 0.4) is 0 Å². The standard InChI is InChI=1S/C15H15NO3S2/c1-12-7-8-15(20-12)21(18,19)16-11-14-5-2-4-13(10-14)6-3-9-17/h2,4-5,7-8,10,16-17H,9,11H2,1H3. The van der Waals surface area contributed by atoms with Gasteiger partial charge in [0.2, 0.25) is 10.0 Å². The van der Waals surface area contributed by atoms with Crippen LogP contribution in [0, 0.1) is 18.8 Å². The summed E-state index contributed by atoms with van der Waals surface area (Å²) in [5.74, 6) is 5.35. The molecule has 0 aliphatic rings. The fourth-order valence-electron chi connectivity index (χ4n) is 1.71. The highest BCUT2D eigenvalue weighted by molar-refractivity contribution is 7.91. The average molecular weight is 321 g/mol. The smallest absolute Gasteiger partial charge is 0.250 e. The molecule has 0 saturated heterocycles. The monoisotopic (exact) mass is 321 g/mol. The van der Waals surface area contributed by atoms with Crippen molar-refractivity contribution < 1.29 is 13.5 Å². The quantitative estimate of drug-likeness (QED) is 0.845. The van der Waals surface area contributed by atoms with Gasteiger partial charge in [-0.1, -0.05) is 24.0 Å². The molecule has 0 saturated carbocycles. The molecule has 21 heavy (non-hydrogen) atoms. The normalized spacial score (nSPS) is 11.0. The minimum absolute atomic E-state index is 0.200. The minimum Gasteiger partial charge on any atom is -0.384 e. The molecule has 2 N–H and O–H groups in total. The lowest BCUT2D eigenvalue weighted by molar-refractivity contribution is 0.350. The molecule has 1 heterocycles. The van der Waals surface area contributed by atoms with Crippen LogP contribution < -0.4 is 4.72 Å². The van der Waals surface area contributed by atoms with Crippen molar-refractivity contribution in [3.05, 3.63) is 52.4 Å². The number of hydrogen-bond donors (Lipinski definition) is 2. The first-order valence-corrected chi connectivity index (χ1v) is 8.56. The topological polar surface area (TPSA) is 66.4 Å². The Morgan fingerprint density at radius 2 is 2.10 bits per heavy atom. The first-order chi connectivity index (χ1) is 10.0. The summed E-state index contributed by atoms with van der Waals surface area (Å²) in [7, 11) is -3.47. The van der Waals surface area contributed by atoms with Gasteiger partial charge in [-0.25, -0.2) is 13.1 Å². The maximum Gasteiger partial charge on any atom is 0.250 e. The molecular weight excluding hydrogens is 306 g/mol. The number of aryl methyl sites for hydroxylation is 1. The van der Waals surface area contributed by atoms with E-state index in [1.807, 2.05) is 19.1 Å². The molecule has 2 rings (SSSR count). The Morgan fingerprint density at radius 1 is 1.29 bits per heavy atom. The van der Waals surface area contributed by atoms with Crippen LogP contribution in [0.2, 0.25) is 0 Å². The van der Waals surface area contributed by atoms with Gasteiger partial charge in [-0.3, -0.25) is 0 Å². The highest BCUT2D eigenvalue weighted by Crippen LogP contribution is 2.20. The number of benzene rings is 1. The Labute approximate surface area is 128 Å². The molecule has 0 unspecified atom stereocenters. The summed E-state index contributed by atoms with van der Waals surface area (Å²) < 4.78 is 27.1. The summed E-state index contributed by atoms with van der Waals surface area (Å²) in [6.45, 7) is 1.87. The first kappa shape index (κ1) is 15.7. The second kappa shape index (κ2) is 6.87. The number of aliphatic hydroxyl groups is 1. The van der Waals surface area contributed by atoms with Crippen LogP contribution in [0.4, 0.5) is 0 Å². The molecule has 0 radical (unpaired) electrons. The molecule has 110 valence electrons. The maximum absolute atomic E-state index is 12.1. The van der Waals surface area contributed by atoms with Gasteiger partial charge in [-0.05, 0) is 36.8 Å². The fraction of sp³-hybridized carbons (Fsp3) is 0.200. The van der Waals surface area contributed by atoms with Gasteiger partial charge in [-0.2, -0.15) is 0 Å².